The van der Waals surface area contributed by atoms with Gasteiger partial charge in [-0.05, 0) is 29.3 Å². The third-order valence-corrected chi connectivity index (χ3v) is 4.18. The summed E-state index contributed by atoms with van der Waals surface area (Å²) >= 11 is 6.06. The number of aromatic nitrogens is 4. The summed E-state index contributed by atoms with van der Waals surface area (Å²) in [7, 11) is 2.74. The van der Waals surface area contributed by atoms with E-state index in [9.17, 15) is 22.8 Å². The van der Waals surface area contributed by atoms with E-state index in [4.69, 9.17) is 11.6 Å². The van der Waals surface area contributed by atoms with Crippen LogP contribution in [0.5, 0.6) is 0 Å². The van der Waals surface area contributed by atoms with Crippen molar-refractivity contribution in [2.75, 3.05) is 0 Å². The van der Waals surface area contributed by atoms with Gasteiger partial charge in [0.15, 0.2) is 11.2 Å². The number of aryl methyl sites for hydroxylation is 1. The van der Waals surface area contributed by atoms with Gasteiger partial charge < -0.3 is 4.57 Å². The van der Waals surface area contributed by atoms with Crippen LogP contribution >= 0.6 is 11.6 Å². The highest BCUT2D eigenvalue weighted by atomic mass is 35.5. The second kappa shape index (κ2) is 5.76. The summed E-state index contributed by atoms with van der Waals surface area (Å²) in [6.45, 7) is -0.0906. The molecule has 2 aromatic heterocycles. The first-order valence-electron chi connectivity index (χ1n) is 7.09. The Kier molecular flexibility index (Phi) is 3.98. The van der Waals surface area contributed by atoms with Gasteiger partial charge in [-0.15, -0.1) is 0 Å². The Labute approximate surface area is 143 Å². The second-order valence-corrected chi connectivity index (χ2v) is 5.88. The van der Waals surface area contributed by atoms with Crippen LogP contribution in [0.2, 0.25) is 5.28 Å². The van der Waals surface area contributed by atoms with E-state index < -0.39 is 23.0 Å². The van der Waals surface area contributed by atoms with E-state index in [1.165, 1.54) is 30.8 Å². The predicted molar refractivity (Wildman–Crippen MR) is 85.8 cm³/mol. The minimum Gasteiger partial charge on any atom is -0.304 e. The second-order valence-electron chi connectivity index (χ2n) is 5.54. The molecule has 6 nitrogen and oxygen atoms in total. The molecule has 3 aromatic rings. The number of hydrogen-bond donors (Lipinski definition) is 0. The fourth-order valence-corrected chi connectivity index (χ4v) is 2.82. The molecule has 0 unspecified atom stereocenters. The van der Waals surface area contributed by atoms with Crippen molar-refractivity contribution in [3.8, 4) is 0 Å². The number of halogens is 4. The number of hydrogen-bond acceptors (Lipinski definition) is 3. The van der Waals surface area contributed by atoms with Crippen LogP contribution in [0.1, 0.15) is 11.1 Å². The molecule has 0 aliphatic carbocycles. The Morgan fingerprint density at radius 2 is 1.84 bits per heavy atom. The van der Waals surface area contributed by atoms with Crippen molar-refractivity contribution >= 4 is 22.8 Å². The molecule has 0 saturated heterocycles. The minimum atomic E-state index is -4.48. The van der Waals surface area contributed by atoms with Crippen LogP contribution in [0.25, 0.3) is 11.2 Å². The van der Waals surface area contributed by atoms with Gasteiger partial charge in [0.2, 0.25) is 5.28 Å². The molecule has 0 aliphatic rings. The lowest BCUT2D eigenvalue weighted by atomic mass is 10.1. The van der Waals surface area contributed by atoms with Gasteiger partial charge in [-0.3, -0.25) is 13.9 Å². The molecule has 0 spiro atoms. The van der Waals surface area contributed by atoms with E-state index in [1.54, 1.807) is 0 Å². The van der Waals surface area contributed by atoms with E-state index in [1.807, 2.05) is 0 Å². The molecule has 132 valence electrons. The fourth-order valence-electron chi connectivity index (χ4n) is 2.59. The number of alkyl halides is 3. The van der Waals surface area contributed by atoms with Gasteiger partial charge in [-0.25, -0.2) is 4.79 Å². The first kappa shape index (κ1) is 17.3. The van der Waals surface area contributed by atoms with Gasteiger partial charge in [0, 0.05) is 14.1 Å². The SMILES string of the molecule is Cn1c(=O)c2c(nc(Cl)n2Cc2cccc(C(F)(F)F)c2)n(C)c1=O. The van der Waals surface area contributed by atoms with E-state index in [0.29, 0.717) is 5.56 Å². The third kappa shape index (κ3) is 2.84. The number of benzene rings is 1. The molecule has 0 amide bonds. The van der Waals surface area contributed by atoms with E-state index in [2.05, 4.69) is 4.98 Å². The van der Waals surface area contributed by atoms with Gasteiger partial charge in [0.1, 0.15) is 0 Å². The Balaban J connectivity index is 2.20. The normalized spacial score (nSPS) is 12.1. The maximum absolute atomic E-state index is 12.9. The minimum absolute atomic E-state index is 0.0482. The van der Waals surface area contributed by atoms with Crippen LogP contribution < -0.4 is 11.2 Å². The topological polar surface area (TPSA) is 61.8 Å². The molecule has 0 atom stereocenters. The van der Waals surface area contributed by atoms with Crippen LogP contribution in [0.3, 0.4) is 0 Å². The zero-order valence-electron chi connectivity index (χ0n) is 13.1. The Morgan fingerprint density at radius 1 is 1.16 bits per heavy atom. The van der Waals surface area contributed by atoms with Gasteiger partial charge in [-0.2, -0.15) is 18.2 Å². The average molecular weight is 373 g/mol. The summed E-state index contributed by atoms with van der Waals surface area (Å²) in [4.78, 5) is 28.3. The lowest BCUT2D eigenvalue weighted by Gasteiger charge is -2.10. The Bertz CT molecular complexity index is 1100. The molecule has 2 heterocycles. The maximum atomic E-state index is 12.9. The highest BCUT2D eigenvalue weighted by Crippen LogP contribution is 2.30. The quantitative estimate of drug-likeness (QED) is 0.648. The number of rotatable bonds is 2. The van der Waals surface area contributed by atoms with Gasteiger partial charge in [0.05, 0.1) is 12.1 Å². The molecule has 0 aliphatic heterocycles. The predicted octanol–water partition coefficient (Wildman–Crippen LogP) is 2.15. The van der Waals surface area contributed by atoms with Crippen LogP contribution in [0.4, 0.5) is 13.2 Å². The van der Waals surface area contributed by atoms with Crippen LogP contribution in [-0.4, -0.2) is 18.7 Å². The smallest absolute Gasteiger partial charge is 0.304 e. The lowest BCUT2D eigenvalue weighted by Crippen LogP contribution is -2.37. The van der Waals surface area contributed by atoms with E-state index in [-0.39, 0.29) is 23.0 Å². The van der Waals surface area contributed by atoms with Crippen molar-refractivity contribution in [3.05, 3.63) is 61.5 Å². The third-order valence-electron chi connectivity index (χ3n) is 3.90. The molecular weight excluding hydrogens is 361 g/mol. The van der Waals surface area contributed by atoms with Crippen LogP contribution in [-0.2, 0) is 26.8 Å². The van der Waals surface area contributed by atoms with E-state index in [0.717, 1.165) is 21.3 Å². The number of fused-ring (bicyclic) bond motifs is 1. The molecule has 0 radical (unpaired) electrons. The van der Waals surface area contributed by atoms with Crippen LogP contribution in [0.15, 0.2) is 33.9 Å². The Hall–Kier alpha value is -2.55. The van der Waals surface area contributed by atoms with Crippen molar-refractivity contribution < 1.29 is 13.2 Å². The average Bonchev–Trinajstić information content (AvgIpc) is 2.87. The van der Waals surface area contributed by atoms with Crippen molar-refractivity contribution in [2.45, 2.75) is 12.7 Å². The molecule has 10 heteroatoms. The molecule has 0 fully saturated rings. The summed E-state index contributed by atoms with van der Waals surface area (Å²) in [5, 5.41) is -0.0919. The summed E-state index contributed by atoms with van der Waals surface area (Å²) in [5.41, 5.74) is -1.57. The molecule has 0 bridgehead atoms. The van der Waals surface area contributed by atoms with Crippen LogP contribution in [0, 0.1) is 0 Å². The van der Waals surface area contributed by atoms with Crippen molar-refractivity contribution in [2.24, 2.45) is 14.1 Å². The van der Waals surface area contributed by atoms with Gasteiger partial charge in [0.25, 0.3) is 5.56 Å². The summed E-state index contributed by atoms with van der Waals surface area (Å²) in [5.74, 6) is 0. The largest absolute Gasteiger partial charge is 0.416 e. The maximum Gasteiger partial charge on any atom is 0.416 e. The molecular formula is C15H12ClF3N4O2. The number of imidazole rings is 1. The van der Waals surface area contributed by atoms with Gasteiger partial charge >= 0.3 is 11.9 Å². The fraction of sp³-hybridized carbons (Fsp3) is 0.267. The van der Waals surface area contributed by atoms with Crippen molar-refractivity contribution in [1.29, 1.82) is 0 Å². The van der Waals surface area contributed by atoms with Gasteiger partial charge in [-0.1, -0.05) is 12.1 Å². The van der Waals surface area contributed by atoms with Crippen molar-refractivity contribution in [1.82, 2.24) is 18.7 Å². The zero-order chi connectivity index (χ0) is 18.5. The molecule has 1 aromatic carbocycles. The summed E-state index contributed by atoms with van der Waals surface area (Å²) in [6, 6.07) is 4.71. The monoisotopic (exact) mass is 372 g/mol. The Morgan fingerprint density at radius 3 is 2.48 bits per heavy atom. The number of nitrogens with zero attached hydrogens (tertiary/aromatic N) is 4. The van der Waals surface area contributed by atoms with E-state index >= 15 is 0 Å². The zero-order valence-corrected chi connectivity index (χ0v) is 13.9. The molecule has 0 N–H and O–H groups in total. The lowest BCUT2D eigenvalue weighted by molar-refractivity contribution is -0.137. The van der Waals surface area contributed by atoms with Crippen molar-refractivity contribution in [3.63, 3.8) is 0 Å². The highest BCUT2D eigenvalue weighted by molar-refractivity contribution is 6.29. The first-order chi connectivity index (χ1) is 11.6. The molecule has 3 rings (SSSR count). The molecule has 0 saturated carbocycles. The molecule has 25 heavy (non-hydrogen) atoms. The highest BCUT2D eigenvalue weighted by Gasteiger charge is 2.30. The standard InChI is InChI=1S/C15H12ClF3N4O2/c1-21-11-10(12(24)22(2)14(21)25)23(13(16)20-11)7-8-4-3-5-9(6-8)15(17,18)19/h3-6H,7H2,1-2H3. The first-order valence-corrected chi connectivity index (χ1v) is 7.47. The summed E-state index contributed by atoms with van der Waals surface area (Å²) in [6.07, 6.45) is -4.48. The summed E-state index contributed by atoms with van der Waals surface area (Å²) < 4.78 is 41.9.